The van der Waals surface area contributed by atoms with Crippen molar-refractivity contribution in [3.8, 4) is 0 Å². The first-order valence-corrected chi connectivity index (χ1v) is 8.32. The number of halogens is 2. The van der Waals surface area contributed by atoms with Crippen molar-refractivity contribution in [2.75, 3.05) is 26.2 Å². The maximum absolute atomic E-state index is 12.9. The average Bonchev–Trinajstić information content (AvgIpc) is 2.95. The summed E-state index contributed by atoms with van der Waals surface area (Å²) in [5, 5.41) is 4.11. The Bertz CT molecular complexity index is 665. The highest BCUT2D eigenvalue weighted by atomic mass is 79.9. The van der Waals surface area contributed by atoms with Gasteiger partial charge in [-0.25, -0.2) is 4.39 Å². The summed E-state index contributed by atoms with van der Waals surface area (Å²) in [6, 6.07) is 6.58. The van der Waals surface area contributed by atoms with E-state index in [1.807, 2.05) is 17.0 Å². The van der Waals surface area contributed by atoms with Gasteiger partial charge in [0.05, 0.1) is 10.7 Å². The lowest BCUT2D eigenvalue weighted by Crippen LogP contribution is -2.49. The number of piperazine rings is 1. The molecule has 0 radical (unpaired) electrons. The van der Waals surface area contributed by atoms with Gasteiger partial charge in [-0.05, 0) is 33.6 Å². The van der Waals surface area contributed by atoms with Gasteiger partial charge in [0.25, 0.3) is 0 Å². The number of nitrogens with zero attached hydrogens (tertiary/aromatic N) is 4. The summed E-state index contributed by atoms with van der Waals surface area (Å²) >= 11 is 3.32. The number of rotatable bonds is 4. The van der Waals surface area contributed by atoms with E-state index in [0.29, 0.717) is 13.1 Å². The van der Waals surface area contributed by atoms with E-state index in [-0.39, 0.29) is 18.3 Å². The molecule has 0 N–H and O–H groups in total. The Kier molecular flexibility index (Phi) is 5.07. The molecule has 3 rings (SSSR count). The number of carbonyl (C=O) groups excluding carboxylic acids is 1. The Morgan fingerprint density at radius 2 is 1.87 bits per heavy atom. The minimum Gasteiger partial charge on any atom is -0.339 e. The molecule has 1 aliphatic heterocycles. The fourth-order valence-corrected chi connectivity index (χ4v) is 2.99. The van der Waals surface area contributed by atoms with E-state index < -0.39 is 0 Å². The molecule has 1 saturated heterocycles. The standard InChI is InChI=1S/C16H18BrFN4O/c17-14-9-19-22(11-14)12-16(23)21-7-5-20(6-8-21)10-13-1-3-15(18)4-2-13/h1-4,9,11H,5-8,10,12H2. The largest absolute Gasteiger partial charge is 0.339 e. The minimum atomic E-state index is -0.213. The topological polar surface area (TPSA) is 41.4 Å². The van der Waals surface area contributed by atoms with Crippen molar-refractivity contribution in [3.63, 3.8) is 0 Å². The van der Waals surface area contributed by atoms with Crippen LogP contribution in [0.1, 0.15) is 5.56 Å². The second-order valence-electron chi connectivity index (χ2n) is 5.64. The summed E-state index contributed by atoms with van der Waals surface area (Å²) in [5.41, 5.74) is 1.09. The summed E-state index contributed by atoms with van der Waals surface area (Å²) in [6.07, 6.45) is 3.47. The zero-order valence-corrected chi connectivity index (χ0v) is 14.2. The summed E-state index contributed by atoms with van der Waals surface area (Å²) in [4.78, 5) is 16.4. The summed E-state index contributed by atoms with van der Waals surface area (Å²) < 4.78 is 15.4. The van der Waals surface area contributed by atoms with Crippen LogP contribution in [0.25, 0.3) is 0 Å². The van der Waals surface area contributed by atoms with Gasteiger partial charge in [0.1, 0.15) is 12.4 Å². The Hall–Kier alpha value is -1.73. The van der Waals surface area contributed by atoms with Crippen molar-refractivity contribution < 1.29 is 9.18 Å². The van der Waals surface area contributed by atoms with Crippen LogP contribution in [0, 0.1) is 5.82 Å². The Labute approximate surface area is 142 Å². The monoisotopic (exact) mass is 380 g/mol. The van der Waals surface area contributed by atoms with Gasteiger partial charge >= 0.3 is 0 Å². The molecule has 0 spiro atoms. The highest BCUT2D eigenvalue weighted by Crippen LogP contribution is 2.11. The number of carbonyl (C=O) groups is 1. The molecule has 0 saturated carbocycles. The van der Waals surface area contributed by atoms with Gasteiger partial charge in [-0.3, -0.25) is 14.4 Å². The third kappa shape index (κ3) is 4.39. The molecule has 0 unspecified atom stereocenters. The van der Waals surface area contributed by atoms with Crippen molar-refractivity contribution in [3.05, 3.63) is 52.5 Å². The molecule has 0 atom stereocenters. The lowest BCUT2D eigenvalue weighted by molar-refractivity contribution is -0.133. The molecule has 0 bridgehead atoms. The van der Waals surface area contributed by atoms with E-state index in [1.54, 1.807) is 17.1 Å². The number of hydrogen-bond donors (Lipinski definition) is 0. The van der Waals surface area contributed by atoms with Crippen LogP contribution in [0.2, 0.25) is 0 Å². The van der Waals surface area contributed by atoms with Crippen molar-refractivity contribution in [2.45, 2.75) is 13.1 Å². The van der Waals surface area contributed by atoms with Crippen LogP contribution in [0.5, 0.6) is 0 Å². The molecule has 1 aromatic carbocycles. The fourth-order valence-electron chi connectivity index (χ4n) is 2.67. The van der Waals surface area contributed by atoms with Crippen LogP contribution >= 0.6 is 15.9 Å². The van der Waals surface area contributed by atoms with E-state index >= 15 is 0 Å². The lowest BCUT2D eigenvalue weighted by Gasteiger charge is -2.34. The average molecular weight is 381 g/mol. The van der Waals surface area contributed by atoms with Crippen molar-refractivity contribution in [1.82, 2.24) is 19.6 Å². The maximum atomic E-state index is 12.9. The van der Waals surface area contributed by atoms with Gasteiger partial charge in [0.15, 0.2) is 0 Å². The molecule has 1 aromatic heterocycles. The normalized spacial score (nSPS) is 15.8. The van der Waals surface area contributed by atoms with E-state index in [2.05, 4.69) is 25.9 Å². The Morgan fingerprint density at radius 1 is 1.17 bits per heavy atom. The van der Waals surface area contributed by atoms with E-state index in [4.69, 9.17) is 0 Å². The Morgan fingerprint density at radius 3 is 2.48 bits per heavy atom. The third-order valence-electron chi connectivity index (χ3n) is 3.94. The van der Waals surface area contributed by atoms with Crippen LogP contribution in [0.3, 0.4) is 0 Å². The van der Waals surface area contributed by atoms with Crippen molar-refractivity contribution in [1.29, 1.82) is 0 Å². The van der Waals surface area contributed by atoms with Crippen LogP contribution in [-0.4, -0.2) is 51.7 Å². The number of benzene rings is 1. The molecular formula is C16H18BrFN4O. The van der Waals surface area contributed by atoms with Crippen LogP contribution in [-0.2, 0) is 17.9 Å². The Balaban J connectivity index is 1.48. The van der Waals surface area contributed by atoms with E-state index in [1.165, 1.54) is 12.1 Å². The van der Waals surface area contributed by atoms with Crippen molar-refractivity contribution in [2.24, 2.45) is 0 Å². The first-order valence-electron chi connectivity index (χ1n) is 7.53. The van der Waals surface area contributed by atoms with Gasteiger partial charge < -0.3 is 4.90 Å². The number of aromatic nitrogens is 2. The summed E-state index contributed by atoms with van der Waals surface area (Å²) in [7, 11) is 0. The molecule has 7 heteroatoms. The lowest BCUT2D eigenvalue weighted by atomic mass is 10.2. The number of hydrogen-bond acceptors (Lipinski definition) is 3. The molecule has 0 aliphatic carbocycles. The first kappa shape index (κ1) is 16.1. The van der Waals surface area contributed by atoms with Crippen LogP contribution in [0.4, 0.5) is 4.39 Å². The molecule has 2 heterocycles. The zero-order valence-electron chi connectivity index (χ0n) is 12.7. The first-order chi connectivity index (χ1) is 11.1. The van der Waals surface area contributed by atoms with E-state index in [9.17, 15) is 9.18 Å². The maximum Gasteiger partial charge on any atom is 0.244 e. The molecule has 5 nitrogen and oxygen atoms in total. The van der Waals surface area contributed by atoms with Gasteiger partial charge in [0, 0.05) is 38.9 Å². The highest BCUT2D eigenvalue weighted by Gasteiger charge is 2.21. The quantitative estimate of drug-likeness (QED) is 0.815. The molecule has 23 heavy (non-hydrogen) atoms. The second-order valence-corrected chi connectivity index (χ2v) is 6.56. The van der Waals surface area contributed by atoms with Gasteiger partial charge in [0.2, 0.25) is 5.91 Å². The molecule has 1 fully saturated rings. The minimum absolute atomic E-state index is 0.0852. The zero-order chi connectivity index (χ0) is 16.2. The van der Waals surface area contributed by atoms with Crippen molar-refractivity contribution >= 4 is 21.8 Å². The smallest absolute Gasteiger partial charge is 0.244 e. The fraction of sp³-hybridized carbons (Fsp3) is 0.375. The van der Waals surface area contributed by atoms with Crippen LogP contribution < -0.4 is 0 Å². The third-order valence-corrected chi connectivity index (χ3v) is 4.35. The molecule has 2 aromatic rings. The molecular weight excluding hydrogens is 363 g/mol. The predicted octanol–water partition coefficient (Wildman–Crippen LogP) is 2.13. The van der Waals surface area contributed by atoms with E-state index in [0.717, 1.165) is 29.7 Å². The molecule has 1 aliphatic rings. The number of amides is 1. The SMILES string of the molecule is O=C(Cn1cc(Br)cn1)N1CCN(Cc2ccc(F)cc2)CC1. The summed E-state index contributed by atoms with van der Waals surface area (Å²) in [6.45, 7) is 4.13. The van der Waals surface area contributed by atoms with Gasteiger partial charge in [-0.1, -0.05) is 12.1 Å². The van der Waals surface area contributed by atoms with Crippen LogP contribution in [0.15, 0.2) is 41.1 Å². The molecule has 1 amide bonds. The highest BCUT2D eigenvalue weighted by molar-refractivity contribution is 9.10. The molecule has 122 valence electrons. The second kappa shape index (κ2) is 7.23. The predicted molar refractivity (Wildman–Crippen MR) is 88.2 cm³/mol. The summed E-state index contributed by atoms with van der Waals surface area (Å²) in [5.74, 6) is -0.128. The van der Waals surface area contributed by atoms with Gasteiger partial charge in [-0.2, -0.15) is 5.10 Å². The van der Waals surface area contributed by atoms with Gasteiger partial charge in [-0.15, -0.1) is 0 Å².